The number of likely N-dealkylation sites (tertiary alicyclic amines) is 1. The Morgan fingerprint density at radius 3 is 2.50 bits per heavy atom. The summed E-state index contributed by atoms with van der Waals surface area (Å²) in [6, 6.07) is 0. The predicted molar refractivity (Wildman–Crippen MR) is 54.9 cm³/mol. The average Bonchev–Trinajstić information content (AvgIpc) is 2.16. The minimum Gasteiger partial charge on any atom is -0.481 e. The largest absolute Gasteiger partial charge is 0.481 e. The second-order valence-corrected chi connectivity index (χ2v) is 4.30. The molecule has 1 unspecified atom stereocenters. The van der Waals surface area contributed by atoms with Gasteiger partial charge in [-0.2, -0.15) is 0 Å². The molecule has 1 fully saturated rings. The van der Waals surface area contributed by atoms with E-state index in [1.165, 1.54) is 19.3 Å². The van der Waals surface area contributed by atoms with Crippen molar-refractivity contribution in [1.29, 1.82) is 0 Å². The third-order valence-corrected chi connectivity index (χ3v) is 2.92. The fourth-order valence-electron chi connectivity index (χ4n) is 1.92. The fraction of sp³-hybridized carbons (Fsp3) is 0.900. The quantitative estimate of drug-likeness (QED) is 0.711. The van der Waals surface area contributed by atoms with E-state index in [-0.39, 0.29) is 6.42 Å². The molecule has 0 aromatic heterocycles. The number of hydrogen-bond donors (Lipinski definition) is 2. The van der Waals surface area contributed by atoms with Gasteiger partial charge in [-0.05, 0) is 39.3 Å². The van der Waals surface area contributed by atoms with Gasteiger partial charge in [0, 0.05) is 6.42 Å². The molecule has 0 aromatic rings. The summed E-state index contributed by atoms with van der Waals surface area (Å²) in [6.07, 6.45) is 4.32. The summed E-state index contributed by atoms with van der Waals surface area (Å²) in [5.74, 6) is -0.765. The first-order valence-electron chi connectivity index (χ1n) is 5.28. The lowest BCUT2D eigenvalue weighted by Crippen LogP contribution is -2.55. The van der Waals surface area contributed by atoms with Gasteiger partial charge in [-0.1, -0.05) is 6.42 Å². The third kappa shape index (κ3) is 3.27. The van der Waals surface area contributed by atoms with Crippen LogP contribution in [0.25, 0.3) is 0 Å². The van der Waals surface area contributed by atoms with E-state index in [1.807, 2.05) is 6.92 Å². The van der Waals surface area contributed by atoms with E-state index >= 15 is 0 Å². The van der Waals surface area contributed by atoms with E-state index in [1.54, 1.807) is 0 Å². The molecule has 4 heteroatoms. The number of hydrogen-bond acceptors (Lipinski definition) is 3. The Bertz CT molecular complexity index is 198. The van der Waals surface area contributed by atoms with E-state index in [0.29, 0.717) is 6.42 Å². The van der Waals surface area contributed by atoms with E-state index in [0.717, 1.165) is 13.1 Å². The summed E-state index contributed by atoms with van der Waals surface area (Å²) in [5, 5.41) is 8.60. The Morgan fingerprint density at radius 1 is 1.43 bits per heavy atom. The van der Waals surface area contributed by atoms with Crippen LogP contribution in [0.5, 0.6) is 0 Å². The van der Waals surface area contributed by atoms with Crippen molar-refractivity contribution in [2.45, 2.75) is 44.7 Å². The van der Waals surface area contributed by atoms with Crippen molar-refractivity contribution in [3.05, 3.63) is 0 Å². The lowest BCUT2D eigenvalue weighted by molar-refractivity contribution is -0.137. The maximum absolute atomic E-state index is 10.5. The highest BCUT2D eigenvalue weighted by atomic mass is 16.4. The van der Waals surface area contributed by atoms with Crippen LogP contribution in [0.1, 0.15) is 39.0 Å². The van der Waals surface area contributed by atoms with Crippen molar-refractivity contribution in [3.63, 3.8) is 0 Å². The van der Waals surface area contributed by atoms with Gasteiger partial charge in [0.15, 0.2) is 0 Å². The third-order valence-electron chi connectivity index (χ3n) is 2.92. The summed E-state index contributed by atoms with van der Waals surface area (Å²) >= 11 is 0. The predicted octanol–water partition coefficient (Wildman–Crippen LogP) is 1.01. The number of aliphatic carboxylic acids is 1. The standard InChI is InChI=1S/C10H20N2O2/c1-10(11,6-5-9(13)14)12-7-3-2-4-8-12/h2-8,11H2,1H3,(H,13,14). The Labute approximate surface area is 85.1 Å². The minimum atomic E-state index is -0.765. The highest BCUT2D eigenvalue weighted by molar-refractivity contribution is 5.66. The van der Waals surface area contributed by atoms with E-state index in [4.69, 9.17) is 10.8 Å². The second kappa shape index (κ2) is 4.75. The summed E-state index contributed by atoms with van der Waals surface area (Å²) in [7, 11) is 0. The molecule has 1 heterocycles. The number of carboxylic acid groups (broad SMARTS) is 1. The molecule has 0 spiro atoms. The molecule has 0 radical (unpaired) electrons. The minimum absolute atomic E-state index is 0.156. The molecule has 1 atom stereocenters. The highest BCUT2D eigenvalue weighted by Crippen LogP contribution is 2.20. The lowest BCUT2D eigenvalue weighted by Gasteiger charge is -2.40. The van der Waals surface area contributed by atoms with Crippen molar-refractivity contribution in [2.75, 3.05) is 13.1 Å². The molecule has 0 amide bonds. The van der Waals surface area contributed by atoms with E-state index < -0.39 is 11.6 Å². The van der Waals surface area contributed by atoms with Crippen LogP contribution in [-0.2, 0) is 4.79 Å². The number of piperidine rings is 1. The summed E-state index contributed by atoms with van der Waals surface area (Å²) in [5.41, 5.74) is 5.66. The molecule has 0 bridgehead atoms. The molecule has 4 nitrogen and oxygen atoms in total. The molecule has 0 aliphatic carbocycles. The first-order chi connectivity index (χ1) is 6.52. The van der Waals surface area contributed by atoms with Crippen molar-refractivity contribution in [2.24, 2.45) is 5.73 Å². The number of carboxylic acids is 1. The highest BCUT2D eigenvalue weighted by Gasteiger charge is 2.28. The summed E-state index contributed by atoms with van der Waals surface area (Å²) in [4.78, 5) is 12.7. The normalized spacial score (nSPS) is 23.0. The molecule has 1 aliphatic heterocycles. The SMILES string of the molecule is CC(N)(CCC(=O)O)N1CCCCC1. The van der Waals surface area contributed by atoms with Gasteiger partial charge < -0.3 is 10.8 Å². The zero-order chi connectivity index (χ0) is 10.6. The van der Waals surface area contributed by atoms with Gasteiger partial charge in [0.25, 0.3) is 0 Å². The van der Waals surface area contributed by atoms with Crippen LogP contribution >= 0.6 is 0 Å². The van der Waals surface area contributed by atoms with Gasteiger partial charge in [0.1, 0.15) is 0 Å². The Kier molecular flexibility index (Phi) is 3.89. The molecule has 0 aromatic carbocycles. The number of carbonyl (C=O) groups is 1. The molecule has 1 saturated heterocycles. The molecule has 82 valence electrons. The van der Waals surface area contributed by atoms with Gasteiger partial charge in [0.05, 0.1) is 5.66 Å². The van der Waals surface area contributed by atoms with Gasteiger partial charge in [-0.3, -0.25) is 9.69 Å². The van der Waals surface area contributed by atoms with Crippen molar-refractivity contribution in [3.8, 4) is 0 Å². The maximum Gasteiger partial charge on any atom is 0.303 e. The molecule has 14 heavy (non-hydrogen) atoms. The molecule has 0 saturated carbocycles. The van der Waals surface area contributed by atoms with Crippen LogP contribution in [0.3, 0.4) is 0 Å². The van der Waals surface area contributed by atoms with Crippen molar-refractivity contribution >= 4 is 5.97 Å². The van der Waals surface area contributed by atoms with E-state index in [2.05, 4.69) is 4.90 Å². The van der Waals surface area contributed by atoms with Crippen molar-refractivity contribution < 1.29 is 9.90 Å². The fourth-order valence-corrected chi connectivity index (χ4v) is 1.92. The monoisotopic (exact) mass is 200 g/mol. The Hall–Kier alpha value is -0.610. The van der Waals surface area contributed by atoms with E-state index in [9.17, 15) is 4.79 Å². The van der Waals surface area contributed by atoms with Crippen molar-refractivity contribution in [1.82, 2.24) is 4.90 Å². The van der Waals surface area contributed by atoms with Gasteiger partial charge in [-0.15, -0.1) is 0 Å². The van der Waals surface area contributed by atoms with Crippen LogP contribution in [0.15, 0.2) is 0 Å². The summed E-state index contributed by atoms with van der Waals surface area (Å²) < 4.78 is 0. The topological polar surface area (TPSA) is 66.6 Å². The van der Waals surface area contributed by atoms with Gasteiger partial charge in [-0.25, -0.2) is 0 Å². The maximum atomic E-state index is 10.5. The first-order valence-corrected chi connectivity index (χ1v) is 5.28. The van der Waals surface area contributed by atoms with Gasteiger partial charge >= 0.3 is 5.97 Å². The molecular weight excluding hydrogens is 180 g/mol. The zero-order valence-corrected chi connectivity index (χ0v) is 8.83. The van der Waals surface area contributed by atoms with Gasteiger partial charge in [0.2, 0.25) is 0 Å². The van der Waals surface area contributed by atoms with Crippen LogP contribution in [-0.4, -0.2) is 34.7 Å². The van der Waals surface area contributed by atoms with Crippen LogP contribution in [0.4, 0.5) is 0 Å². The Morgan fingerprint density at radius 2 is 2.00 bits per heavy atom. The molecular formula is C10H20N2O2. The first kappa shape index (κ1) is 11.5. The number of rotatable bonds is 4. The van der Waals surface area contributed by atoms with Crippen LogP contribution in [0, 0.1) is 0 Å². The Balaban J connectivity index is 2.41. The lowest BCUT2D eigenvalue weighted by atomic mass is 10.0. The number of nitrogens with two attached hydrogens (primary N) is 1. The average molecular weight is 200 g/mol. The van der Waals surface area contributed by atoms with Crippen LogP contribution in [0.2, 0.25) is 0 Å². The second-order valence-electron chi connectivity index (χ2n) is 4.30. The summed E-state index contributed by atoms with van der Waals surface area (Å²) in [6.45, 7) is 3.94. The number of nitrogens with zero attached hydrogens (tertiary/aromatic N) is 1. The smallest absolute Gasteiger partial charge is 0.303 e. The molecule has 3 N–H and O–H groups in total. The molecule has 1 rings (SSSR count). The molecule has 1 aliphatic rings. The zero-order valence-electron chi connectivity index (χ0n) is 8.83. The van der Waals surface area contributed by atoms with Crippen LogP contribution < -0.4 is 5.73 Å².